The van der Waals surface area contributed by atoms with E-state index in [4.69, 9.17) is 11.6 Å². The molecule has 0 amide bonds. The van der Waals surface area contributed by atoms with Crippen LogP contribution in [0.5, 0.6) is 0 Å². The molecule has 0 saturated heterocycles. The van der Waals surface area contributed by atoms with Gasteiger partial charge in [0, 0.05) is 17.9 Å². The minimum Gasteiger partial charge on any atom is -0.299 e. The van der Waals surface area contributed by atoms with E-state index in [0.717, 1.165) is 17.0 Å². The minimum absolute atomic E-state index is 0.301. The lowest BCUT2D eigenvalue weighted by Gasteiger charge is -2.15. The van der Waals surface area contributed by atoms with Gasteiger partial charge in [-0.25, -0.2) is 0 Å². The maximum Gasteiger partial charge on any atom is 0.137 e. The largest absolute Gasteiger partial charge is 0.299 e. The van der Waals surface area contributed by atoms with Crippen molar-refractivity contribution in [3.05, 3.63) is 34.3 Å². The smallest absolute Gasteiger partial charge is 0.137 e. The van der Waals surface area contributed by atoms with Gasteiger partial charge in [0.1, 0.15) is 5.78 Å². The summed E-state index contributed by atoms with van der Waals surface area (Å²) in [6.07, 6.45) is 2.05. The van der Waals surface area contributed by atoms with E-state index in [0.29, 0.717) is 18.6 Å². The Labute approximate surface area is 76.4 Å². The fourth-order valence-electron chi connectivity index (χ4n) is 1.60. The first kappa shape index (κ1) is 7.81. The summed E-state index contributed by atoms with van der Waals surface area (Å²) in [5.41, 5.74) is 2.28. The number of benzene rings is 1. The molecule has 0 bridgehead atoms. The molecular formula is C10H9ClO. The molecule has 0 N–H and O–H groups in total. The first-order valence-electron chi connectivity index (χ1n) is 4.05. The van der Waals surface area contributed by atoms with Crippen molar-refractivity contribution in [1.29, 1.82) is 0 Å². The van der Waals surface area contributed by atoms with Gasteiger partial charge >= 0.3 is 0 Å². The highest BCUT2D eigenvalue weighted by Crippen LogP contribution is 2.25. The SMILES string of the molecule is O=C1CCc2cccc(Cl)c2C1. The summed E-state index contributed by atoms with van der Waals surface area (Å²) in [7, 11) is 0. The van der Waals surface area contributed by atoms with E-state index < -0.39 is 0 Å². The molecule has 0 saturated carbocycles. The van der Waals surface area contributed by atoms with Crippen LogP contribution in [0.2, 0.25) is 5.02 Å². The fourth-order valence-corrected chi connectivity index (χ4v) is 1.86. The lowest BCUT2D eigenvalue weighted by atomic mass is 9.91. The van der Waals surface area contributed by atoms with Crippen molar-refractivity contribution in [2.75, 3.05) is 0 Å². The summed E-state index contributed by atoms with van der Waals surface area (Å²) in [5, 5.41) is 0.737. The molecule has 1 aromatic carbocycles. The summed E-state index contributed by atoms with van der Waals surface area (Å²) in [6, 6.07) is 5.84. The van der Waals surface area contributed by atoms with E-state index in [9.17, 15) is 4.79 Å². The molecule has 0 unspecified atom stereocenters. The zero-order valence-corrected chi connectivity index (χ0v) is 7.40. The number of aryl methyl sites for hydroxylation is 1. The van der Waals surface area contributed by atoms with Crippen molar-refractivity contribution in [2.45, 2.75) is 19.3 Å². The number of Topliss-reactive ketones (excluding diaryl/α,β-unsaturated/α-hetero) is 1. The number of hydrogen-bond donors (Lipinski definition) is 0. The topological polar surface area (TPSA) is 17.1 Å². The summed E-state index contributed by atoms with van der Waals surface area (Å²) < 4.78 is 0. The molecule has 0 heterocycles. The molecule has 0 aliphatic heterocycles. The van der Waals surface area contributed by atoms with Crippen molar-refractivity contribution in [3.8, 4) is 0 Å². The molecule has 0 spiro atoms. The monoisotopic (exact) mass is 180 g/mol. The van der Waals surface area contributed by atoms with E-state index in [-0.39, 0.29) is 0 Å². The molecule has 1 aliphatic rings. The van der Waals surface area contributed by atoms with Crippen molar-refractivity contribution in [3.63, 3.8) is 0 Å². The quantitative estimate of drug-likeness (QED) is 0.599. The number of carbonyl (C=O) groups excluding carboxylic acids is 1. The highest BCUT2D eigenvalue weighted by atomic mass is 35.5. The van der Waals surface area contributed by atoms with Crippen LogP contribution >= 0.6 is 11.6 Å². The van der Waals surface area contributed by atoms with Crippen LogP contribution in [0.4, 0.5) is 0 Å². The van der Waals surface area contributed by atoms with Gasteiger partial charge < -0.3 is 0 Å². The molecule has 0 radical (unpaired) electrons. The second-order valence-electron chi connectivity index (χ2n) is 3.09. The number of fused-ring (bicyclic) bond motifs is 1. The molecular weight excluding hydrogens is 172 g/mol. The Kier molecular flexibility index (Phi) is 1.89. The Morgan fingerprint density at radius 3 is 2.92 bits per heavy atom. The van der Waals surface area contributed by atoms with Gasteiger partial charge in [-0.2, -0.15) is 0 Å². The van der Waals surface area contributed by atoms with Crippen molar-refractivity contribution < 1.29 is 4.79 Å². The molecule has 0 fully saturated rings. The Balaban J connectivity index is 2.50. The number of carbonyl (C=O) groups is 1. The highest BCUT2D eigenvalue weighted by Gasteiger charge is 2.16. The minimum atomic E-state index is 0.301. The van der Waals surface area contributed by atoms with Gasteiger partial charge in [0.05, 0.1) is 0 Å². The van der Waals surface area contributed by atoms with E-state index in [2.05, 4.69) is 0 Å². The van der Waals surface area contributed by atoms with Crippen LogP contribution < -0.4 is 0 Å². The van der Waals surface area contributed by atoms with Crippen LogP contribution in [0.15, 0.2) is 18.2 Å². The zero-order valence-electron chi connectivity index (χ0n) is 6.64. The molecule has 2 rings (SSSR count). The third kappa shape index (κ3) is 1.25. The van der Waals surface area contributed by atoms with Gasteiger partial charge in [0.15, 0.2) is 0 Å². The maximum atomic E-state index is 11.1. The lowest BCUT2D eigenvalue weighted by molar-refractivity contribution is -0.118. The predicted octanol–water partition coefficient (Wildman–Crippen LogP) is 2.40. The Bertz CT molecular complexity index is 331. The molecule has 62 valence electrons. The summed E-state index contributed by atoms with van der Waals surface area (Å²) in [4.78, 5) is 11.1. The van der Waals surface area contributed by atoms with Gasteiger partial charge in [-0.1, -0.05) is 23.7 Å². The average molecular weight is 181 g/mol. The van der Waals surface area contributed by atoms with Gasteiger partial charge in [0.25, 0.3) is 0 Å². The number of rotatable bonds is 0. The van der Waals surface area contributed by atoms with E-state index >= 15 is 0 Å². The van der Waals surface area contributed by atoms with E-state index in [1.807, 2.05) is 18.2 Å². The number of halogens is 1. The third-order valence-electron chi connectivity index (χ3n) is 2.26. The molecule has 2 heteroatoms. The van der Waals surface area contributed by atoms with Crippen LogP contribution in [-0.2, 0) is 17.6 Å². The van der Waals surface area contributed by atoms with Gasteiger partial charge in [0.2, 0.25) is 0 Å². The maximum absolute atomic E-state index is 11.1. The Morgan fingerprint density at radius 1 is 1.25 bits per heavy atom. The van der Waals surface area contributed by atoms with Crippen molar-refractivity contribution in [2.24, 2.45) is 0 Å². The first-order chi connectivity index (χ1) is 5.77. The Morgan fingerprint density at radius 2 is 2.08 bits per heavy atom. The zero-order chi connectivity index (χ0) is 8.55. The molecule has 12 heavy (non-hydrogen) atoms. The molecule has 0 atom stereocenters. The van der Waals surface area contributed by atoms with Crippen LogP contribution in [0, 0.1) is 0 Å². The van der Waals surface area contributed by atoms with Crippen molar-refractivity contribution in [1.82, 2.24) is 0 Å². The number of ketones is 1. The van der Waals surface area contributed by atoms with E-state index in [1.54, 1.807) is 0 Å². The number of hydrogen-bond acceptors (Lipinski definition) is 1. The van der Waals surface area contributed by atoms with Crippen LogP contribution in [-0.4, -0.2) is 5.78 Å². The van der Waals surface area contributed by atoms with Crippen molar-refractivity contribution >= 4 is 17.4 Å². The van der Waals surface area contributed by atoms with Gasteiger partial charge in [-0.05, 0) is 23.6 Å². The normalized spacial score (nSPS) is 15.9. The fraction of sp³-hybridized carbons (Fsp3) is 0.300. The average Bonchev–Trinajstić information content (AvgIpc) is 2.07. The van der Waals surface area contributed by atoms with Crippen LogP contribution in [0.25, 0.3) is 0 Å². The molecule has 1 nitrogen and oxygen atoms in total. The Hall–Kier alpha value is -0.820. The second-order valence-corrected chi connectivity index (χ2v) is 3.50. The lowest BCUT2D eigenvalue weighted by Crippen LogP contribution is -2.13. The van der Waals surface area contributed by atoms with Gasteiger partial charge in [-0.15, -0.1) is 0 Å². The summed E-state index contributed by atoms with van der Waals surface area (Å²) in [5.74, 6) is 0.301. The molecule has 1 aromatic rings. The van der Waals surface area contributed by atoms with Crippen LogP contribution in [0.3, 0.4) is 0 Å². The van der Waals surface area contributed by atoms with Crippen LogP contribution in [0.1, 0.15) is 17.5 Å². The second kappa shape index (κ2) is 2.91. The highest BCUT2D eigenvalue weighted by molar-refractivity contribution is 6.31. The third-order valence-corrected chi connectivity index (χ3v) is 2.62. The summed E-state index contributed by atoms with van der Waals surface area (Å²) >= 11 is 5.96. The molecule has 1 aliphatic carbocycles. The first-order valence-corrected chi connectivity index (χ1v) is 4.43. The van der Waals surface area contributed by atoms with E-state index in [1.165, 1.54) is 5.56 Å². The standard InChI is InChI=1S/C10H9ClO/c11-10-3-1-2-7-4-5-8(12)6-9(7)10/h1-3H,4-6H2. The predicted molar refractivity (Wildman–Crippen MR) is 48.5 cm³/mol. The molecule has 0 aromatic heterocycles. The van der Waals surface area contributed by atoms with Gasteiger partial charge in [-0.3, -0.25) is 4.79 Å². The summed E-state index contributed by atoms with van der Waals surface area (Å²) in [6.45, 7) is 0.